The fourth-order valence-electron chi connectivity index (χ4n) is 1.79. The summed E-state index contributed by atoms with van der Waals surface area (Å²) in [5.41, 5.74) is 6.49. The summed E-state index contributed by atoms with van der Waals surface area (Å²) < 4.78 is 6.44. The number of aromatic amines is 2. The Kier molecular flexibility index (Phi) is 2.86. The molecule has 8 heteroatoms. The minimum absolute atomic E-state index is 0.204. The second kappa shape index (κ2) is 4.54. The smallest absolute Gasteiger partial charge is 0.234 e. The highest BCUT2D eigenvalue weighted by atomic mass is 79.9. The normalized spacial score (nSPS) is 18.2. The summed E-state index contributed by atoms with van der Waals surface area (Å²) >= 11 is 3.33. The Morgan fingerprint density at radius 3 is 3.05 bits per heavy atom. The number of ether oxygens (including phenoxy) is 1. The lowest BCUT2D eigenvalue weighted by Gasteiger charge is -2.07. The number of H-pyrrole nitrogens is 2. The fraction of sp³-hybridized carbons (Fsp3) is 0.182. The van der Waals surface area contributed by atoms with E-state index < -0.39 is 6.10 Å². The van der Waals surface area contributed by atoms with Gasteiger partial charge in [0.25, 0.3) is 0 Å². The van der Waals surface area contributed by atoms with Crippen LogP contribution < -0.4 is 5.73 Å². The van der Waals surface area contributed by atoms with Gasteiger partial charge < -0.3 is 20.4 Å². The predicted molar refractivity (Wildman–Crippen MR) is 72.1 cm³/mol. The van der Waals surface area contributed by atoms with E-state index in [1.807, 2.05) is 6.07 Å². The van der Waals surface area contributed by atoms with Gasteiger partial charge in [0, 0.05) is 10.7 Å². The van der Waals surface area contributed by atoms with Crippen molar-refractivity contribution in [2.75, 3.05) is 12.3 Å². The third-order valence-corrected chi connectivity index (χ3v) is 3.14. The van der Waals surface area contributed by atoms with E-state index in [-0.39, 0.29) is 18.3 Å². The van der Waals surface area contributed by atoms with E-state index in [0.29, 0.717) is 11.6 Å². The van der Waals surface area contributed by atoms with Gasteiger partial charge >= 0.3 is 0 Å². The lowest BCUT2D eigenvalue weighted by molar-refractivity contribution is 0.0812. The molecule has 0 spiro atoms. The number of carbonyl (C=O) groups excluding carboxylic acids is 1. The van der Waals surface area contributed by atoms with E-state index in [2.05, 4.69) is 35.9 Å². The first kappa shape index (κ1) is 12.0. The van der Waals surface area contributed by atoms with Crippen LogP contribution in [0.4, 0.5) is 5.95 Å². The number of hydrogen-bond donors (Lipinski definition) is 3. The third kappa shape index (κ3) is 2.26. The van der Waals surface area contributed by atoms with Crippen molar-refractivity contribution in [2.45, 2.75) is 6.10 Å². The van der Waals surface area contributed by atoms with Crippen molar-refractivity contribution >= 4 is 33.6 Å². The number of Topliss-reactive ketones (excluding diaryl/α,β-unsaturated/α-hetero) is 1. The number of nitrogens with zero attached hydrogens (tertiary/aromatic N) is 2. The summed E-state index contributed by atoms with van der Waals surface area (Å²) in [5, 5.41) is 0. The molecule has 1 aliphatic heterocycles. The Bertz CT molecular complexity index is 660. The largest absolute Gasteiger partial charge is 0.463 e. The lowest BCUT2D eigenvalue weighted by atomic mass is 10.2. The molecule has 1 aliphatic rings. The van der Waals surface area contributed by atoms with E-state index in [0.717, 1.165) is 10.2 Å². The molecule has 3 rings (SSSR count). The number of nitrogens with one attached hydrogen (secondary N) is 2. The molecule has 3 heterocycles. The van der Waals surface area contributed by atoms with E-state index in [4.69, 9.17) is 10.5 Å². The van der Waals surface area contributed by atoms with Gasteiger partial charge in [0.15, 0.2) is 12.1 Å². The van der Waals surface area contributed by atoms with Crippen LogP contribution in [-0.4, -0.2) is 39.3 Å². The molecule has 2 aromatic heterocycles. The molecule has 1 unspecified atom stereocenters. The average molecular weight is 324 g/mol. The highest BCUT2D eigenvalue weighted by molar-refractivity contribution is 9.10. The summed E-state index contributed by atoms with van der Waals surface area (Å²) in [5.74, 6) is 0.417. The quantitative estimate of drug-likeness (QED) is 0.735. The summed E-state index contributed by atoms with van der Waals surface area (Å²) in [6, 6.07) is 1.83. The van der Waals surface area contributed by atoms with Crippen molar-refractivity contribution in [1.29, 1.82) is 0 Å². The highest BCUT2D eigenvalue weighted by Crippen LogP contribution is 2.18. The number of anilines is 1. The minimum atomic E-state index is -0.642. The van der Waals surface area contributed by atoms with Gasteiger partial charge in [-0.1, -0.05) is 0 Å². The molecule has 1 atom stereocenters. The number of imidazole rings is 1. The van der Waals surface area contributed by atoms with Crippen LogP contribution in [-0.2, 0) is 4.74 Å². The first-order chi connectivity index (χ1) is 9.13. The molecule has 7 nitrogen and oxygen atoms in total. The molecule has 0 radical (unpaired) electrons. The summed E-state index contributed by atoms with van der Waals surface area (Å²) in [7, 11) is 0. The third-order valence-electron chi connectivity index (χ3n) is 2.69. The van der Waals surface area contributed by atoms with Gasteiger partial charge in [0.2, 0.25) is 11.7 Å². The monoisotopic (exact) mass is 323 g/mol. The standard InChI is InChI=1S/C11H10BrN5O2/c12-5-1-6(14-2-5)10-15-4-8(19-10)9(18)7-3-16-11(13)17-7/h1-3,8,14H,4H2,(H3,13,16,17). The number of rotatable bonds is 3. The van der Waals surface area contributed by atoms with Crippen LogP contribution in [0, 0.1) is 0 Å². The Balaban J connectivity index is 1.72. The van der Waals surface area contributed by atoms with Gasteiger partial charge in [-0.3, -0.25) is 4.79 Å². The molecule has 0 amide bonds. The number of nitrogen functional groups attached to an aromatic ring is 1. The Morgan fingerprint density at radius 1 is 1.58 bits per heavy atom. The number of aromatic nitrogens is 3. The Hall–Kier alpha value is -2.09. The molecule has 0 fully saturated rings. The van der Waals surface area contributed by atoms with Crippen LogP contribution in [0.5, 0.6) is 0 Å². The van der Waals surface area contributed by atoms with E-state index >= 15 is 0 Å². The Morgan fingerprint density at radius 2 is 2.42 bits per heavy atom. The molecule has 4 N–H and O–H groups in total. The molecule has 98 valence electrons. The van der Waals surface area contributed by atoms with Crippen molar-refractivity contribution in [1.82, 2.24) is 15.0 Å². The van der Waals surface area contributed by atoms with E-state index in [1.54, 1.807) is 6.20 Å². The molecular weight excluding hydrogens is 314 g/mol. The van der Waals surface area contributed by atoms with Crippen LogP contribution in [0.15, 0.2) is 27.9 Å². The first-order valence-electron chi connectivity index (χ1n) is 5.53. The zero-order valence-electron chi connectivity index (χ0n) is 9.68. The second-order valence-electron chi connectivity index (χ2n) is 4.03. The van der Waals surface area contributed by atoms with Gasteiger partial charge in [-0.2, -0.15) is 0 Å². The van der Waals surface area contributed by atoms with Gasteiger partial charge in [0.05, 0.1) is 12.7 Å². The van der Waals surface area contributed by atoms with Crippen LogP contribution in [0.25, 0.3) is 0 Å². The number of halogens is 1. The zero-order valence-corrected chi connectivity index (χ0v) is 11.3. The number of hydrogen-bond acceptors (Lipinski definition) is 5. The molecule has 19 heavy (non-hydrogen) atoms. The van der Waals surface area contributed by atoms with Gasteiger partial charge in [-0.25, -0.2) is 9.98 Å². The molecule has 0 saturated carbocycles. The average Bonchev–Trinajstić information content (AvgIpc) is 3.07. The van der Waals surface area contributed by atoms with Gasteiger partial charge in [0.1, 0.15) is 11.4 Å². The Labute approximate surface area is 116 Å². The maximum Gasteiger partial charge on any atom is 0.234 e. The van der Waals surface area contributed by atoms with Crippen LogP contribution in [0.2, 0.25) is 0 Å². The second-order valence-corrected chi connectivity index (χ2v) is 4.95. The summed E-state index contributed by atoms with van der Waals surface area (Å²) in [6.45, 7) is 0.281. The number of ketones is 1. The van der Waals surface area contributed by atoms with Gasteiger partial charge in [-0.05, 0) is 22.0 Å². The maximum atomic E-state index is 12.1. The summed E-state index contributed by atoms with van der Waals surface area (Å²) in [4.78, 5) is 25.8. The van der Waals surface area contributed by atoms with Gasteiger partial charge in [-0.15, -0.1) is 0 Å². The van der Waals surface area contributed by atoms with Crippen molar-refractivity contribution in [3.63, 3.8) is 0 Å². The number of aliphatic imine (C=N–C) groups is 1. The van der Waals surface area contributed by atoms with E-state index in [1.165, 1.54) is 6.20 Å². The first-order valence-corrected chi connectivity index (χ1v) is 6.33. The minimum Gasteiger partial charge on any atom is -0.463 e. The molecule has 2 aromatic rings. The number of nitrogens with two attached hydrogens (primary N) is 1. The number of carbonyl (C=O) groups is 1. The topological polar surface area (TPSA) is 109 Å². The van der Waals surface area contributed by atoms with Crippen LogP contribution in [0.3, 0.4) is 0 Å². The highest BCUT2D eigenvalue weighted by Gasteiger charge is 2.30. The van der Waals surface area contributed by atoms with Crippen molar-refractivity contribution in [2.24, 2.45) is 4.99 Å². The molecular formula is C11H10BrN5O2. The fourth-order valence-corrected chi connectivity index (χ4v) is 2.13. The maximum absolute atomic E-state index is 12.1. The lowest BCUT2D eigenvalue weighted by Crippen LogP contribution is -2.25. The predicted octanol–water partition coefficient (Wildman–Crippen LogP) is 1.11. The van der Waals surface area contributed by atoms with Crippen LogP contribution >= 0.6 is 15.9 Å². The zero-order chi connectivity index (χ0) is 13.4. The molecule has 0 saturated heterocycles. The van der Waals surface area contributed by atoms with Crippen LogP contribution in [0.1, 0.15) is 16.2 Å². The van der Waals surface area contributed by atoms with Crippen molar-refractivity contribution in [3.05, 3.63) is 34.3 Å². The SMILES string of the molecule is Nc1ncc(C(=O)C2CN=C(c3cc(Br)c[nH]3)O2)[nH]1. The van der Waals surface area contributed by atoms with E-state index in [9.17, 15) is 4.79 Å². The van der Waals surface area contributed by atoms with Crippen molar-refractivity contribution < 1.29 is 9.53 Å². The summed E-state index contributed by atoms with van der Waals surface area (Å²) in [6.07, 6.45) is 2.52. The van der Waals surface area contributed by atoms with Crippen molar-refractivity contribution in [3.8, 4) is 0 Å². The molecule has 0 aromatic carbocycles. The molecule has 0 aliphatic carbocycles. The molecule has 0 bridgehead atoms.